The lowest BCUT2D eigenvalue weighted by atomic mass is 10.2. The molecule has 2 fully saturated rings. The third-order valence-corrected chi connectivity index (χ3v) is 3.96. The van der Waals surface area contributed by atoms with Crippen molar-refractivity contribution in [3.05, 3.63) is 23.9 Å². The number of carbonyl (C=O) groups excluding carboxylic acids is 1. The van der Waals surface area contributed by atoms with E-state index in [0.29, 0.717) is 5.69 Å². The predicted octanol–water partition coefficient (Wildman–Crippen LogP) is 1.48. The maximum Gasteiger partial charge on any atom is 0.270 e. The summed E-state index contributed by atoms with van der Waals surface area (Å²) < 4.78 is 0. The zero-order chi connectivity index (χ0) is 13.9. The highest BCUT2D eigenvalue weighted by atomic mass is 16.2. The van der Waals surface area contributed by atoms with Gasteiger partial charge in [0.2, 0.25) is 0 Å². The molecule has 108 valence electrons. The van der Waals surface area contributed by atoms with E-state index in [9.17, 15) is 4.79 Å². The minimum atomic E-state index is -0.0626. The van der Waals surface area contributed by atoms with E-state index in [4.69, 9.17) is 0 Å². The zero-order valence-electron chi connectivity index (χ0n) is 11.9. The van der Waals surface area contributed by atoms with Gasteiger partial charge in [0.1, 0.15) is 11.5 Å². The fourth-order valence-corrected chi connectivity index (χ4v) is 2.78. The Morgan fingerprint density at radius 3 is 3.00 bits per heavy atom. The Hall–Kier alpha value is -1.62. The van der Waals surface area contributed by atoms with Crippen molar-refractivity contribution in [2.24, 2.45) is 0 Å². The van der Waals surface area contributed by atoms with Crippen LogP contribution < -0.4 is 10.6 Å². The molecule has 0 aromatic carbocycles. The number of likely N-dealkylation sites (tertiary alicyclic amines) is 1. The average Bonchev–Trinajstić information content (AvgIpc) is 3.20. The summed E-state index contributed by atoms with van der Waals surface area (Å²) in [6, 6.07) is 6.57. The van der Waals surface area contributed by atoms with Crippen LogP contribution in [-0.4, -0.2) is 47.5 Å². The monoisotopic (exact) mass is 274 g/mol. The fourth-order valence-electron chi connectivity index (χ4n) is 2.78. The molecule has 1 aromatic rings. The second-order valence-electron chi connectivity index (χ2n) is 5.62. The molecule has 5 nitrogen and oxygen atoms in total. The van der Waals surface area contributed by atoms with E-state index in [2.05, 4.69) is 20.5 Å². The second kappa shape index (κ2) is 5.79. The molecule has 1 aliphatic carbocycles. The highest BCUT2D eigenvalue weighted by Gasteiger charge is 2.34. The van der Waals surface area contributed by atoms with Gasteiger partial charge in [0.15, 0.2) is 0 Å². The molecule has 20 heavy (non-hydrogen) atoms. The van der Waals surface area contributed by atoms with Crippen LogP contribution in [0, 0.1) is 0 Å². The van der Waals surface area contributed by atoms with Gasteiger partial charge in [0, 0.05) is 31.7 Å². The van der Waals surface area contributed by atoms with Crippen LogP contribution in [0.3, 0.4) is 0 Å². The summed E-state index contributed by atoms with van der Waals surface area (Å²) in [6.07, 6.45) is 3.70. The lowest BCUT2D eigenvalue weighted by Gasteiger charge is -2.15. The summed E-state index contributed by atoms with van der Waals surface area (Å²) in [4.78, 5) is 19.1. The Bertz CT molecular complexity index is 487. The largest absolute Gasteiger partial charge is 0.370 e. The van der Waals surface area contributed by atoms with Gasteiger partial charge >= 0.3 is 0 Å². The molecule has 0 bridgehead atoms. The molecule has 2 N–H and O–H groups in total. The number of carbonyl (C=O) groups is 1. The van der Waals surface area contributed by atoms with Crippen LogP contribution in [0.25, 0.3) is 0 Å². The number of amides is 1. The number of pyridine rings is 1. The van der Waals surface area contributed by atoms with E-state index in [1.165, 1.54) is 12.8 Å². The van der Waals surface area contributed by atoms with E-state index in [1.54, 1.807) is 6.07 Å². The molecule has 1 aromatic heterocycles. The molecule has 1 saturated heterocycles. The molecule has 2 aliphatic rings. The maximum atomic E-state index is 12.2. The first-order chi connectivity index (χ1) is 9.76. The Morgan fingerprint density at radius 2 is 2.25 bits per heavy atom. The van der Waals surface area contributed by atoms with Crippen molar-refractivity contribution in [1.29, 1.82) is 0 Å². The van der Waals surface area contributed by atoms with Crippen molar-refractivity contribution >= 4 is 11.7 Å². The second-order valence-corrected chi connectivity index (χ2v) is 5.62. The number of nitrogens with zero attached hydrogens (tertiary/aromatic N) is 2. The van der Waals surface area contributed by atoms with Crippen LogP contribution >= 0.6 is 0 Å². The van der Waals surface area contributed by atoms with Crippen molar-refractivity contribution in [3.63, 3.8) is 0 Å². The summed E-state index contributed by atoms with van der Waals surface area (Å²) >= 11 is 0. The minimum Gasteiger partial charge on any atom is -0.370 e. The number of anilines is 1. The van der Waals surface area contributed by atoms with Gasteiger partial charge < -0.3 is 10.6 Å². The third kappa shape index (κ3) is 3.10. The van der Waals surface area contributed by atoms with Gasteiger partial charge in [0.05, 0.1) is 0 Å². The average molecular weight is 274 g/mol. The van der Waals surface area contributed by atoms with Crippen LogP contribution in [0.2, 0.25) is 0 Å². The normalized spacial score (nSPS) is 22.8. The molecule has 1 saturated carbocycles. The summed E-state index contributed by atoms with van der Waals surface area (Å²) in [6.45, 7) is 4.92. The van der Waals surface area contributed by atoms with Crippen molar-refractivity contribution < 1.29 is 4.79 Å². The first-order valence-corrected chi connectivity index (χ1v) is 7.52. The first-order valence-electron chi connectivity index (χ1n) is 7.52. The minimum absolute atomic E-state index is 0.0626. The summed E-state index contributed by atoms with van der Waals surface area (Å²) in [7, 11) is 0. The Labute approximate surface area is 119 Å². The van der Waals surface area contributed by atoms with E-state index >= 15 is 0 Å². The number of rotatable bonds is 5. The Morgan fingerprint density at radius 1 is 1.40 bits per heavy atom. The molecular formula is C15H22N4O. The van der Waals surface area contributed by atoms with Gasteiger partial charge in [-0.2, -0.15) is 0 Å². The topological polar surface area (TPSA) is 57.3 Å². The fraction of sp³-hybridized carbons (Fsp3) is 0.600. The van der Waals surface area contributed by atoms with Crippen LogP contribution in [0.1, 0.15) is 36.7 Å². The smallest absolute Gasteiger partial charge is 0.270 e. The molecular weight excluding hydrogens is 252 g/mol. The van der Waals surface area contributed by atoms with E-state index < -0.39 is 0 Å². The molecule has 1 aliphatic heterocycles. The van der Waals surface area contributed by atoms with Gasteiger partial charge in [-0.1, -0.05) is 6.07 Å². The number of aromatic nitrogens is 1. The molecule has 1 unspecified atom stereocenters. The lowest BCUT2D eigenvalue weighted by molar-refractivity contribution is 0.0932. The number of hydrogen-bond donors (Lipinski definition) is 2. The lowest BCUT2D eigenvalue weighted by Crippen LogP contribution is -2.37. The highest BCUT2D eigenvalue weighted by Crippen LogP contribution is 2.29. The van der Waals surface area contributed by atoms with Crippen molar-refractivity contribution in [1.82, 2.24) is 15.2 Å². The van der Waals surface area contributed by atoms with Gasteiger partial charge in [-0.25, -0.2) is 4.98 Å². The van der Waals surface area contributed by atoms with Gasteiger partial charge in [-0.15, -0.1) is 0 Å². The van der Waals surface area contributed by atoms with Gasteiger partial charge in [-0.05, 0) is 38.3 Å². The van der Waals surface area contributed by atoms with Crippen LogP contribution in [0.5, 0.6) is 0 Å². The number of hydrogen-bond acceptors (Lipinski definition) is 4. The third-order valence-electron chi connectivity index (χ3n) is 3.96. The summed E-state index contributed by atoms with van der Waals surface area (Å²) in [5.74, 6) is 0.693. The molecule has 3 rings (SSSR count). The van der Waals surface area contributed by atoms with Crippen molar-refractivity contribution in [2.75, 3.05) is 25.0 Å². The Kier molecular flexibility index (Phi) is 3.87. The van der Waals surface area contributed by atoms with Crippen LogP contribution in [-0.2, 0) is 0 Å². The maximum absolute atomic E-state index is 12.2. The highest BCUT2D eigenvalue weighted by molar-refractivity contribution is 5.92. The summed E-state index contributed by atoms with van der Waals surface area (Å²) in [5, 5.41) is 6.23. The molecule has 2 heterocycles. The molecule has 1 atom stereocenters. The quantitative estimate of drug-likeness (QED) is 0.854. The van der Waals surface area contributed by atoms with E-state index in [-0.39, 0.29) is 11.9 Å². The van der Waals surface area contributed by atoms with Gasteiger partial charge in [-0.3, -0.25) is 9.69 Å². The molecule has 0 radical (unpaired) electrons. The summed E-state index contributed by atoms with van der Waals surface area (Å²) in [5.41, 5.74) is 0.494. The molecule has 1 amide bonds. The SMILES string of the molecule is CCNc1cccc(C(=O)NC2CCN(C3CC3)C2)n1. The van der Waals surface area contributed by atoms with Crippen molar-refractivity contribution in [3.8, 4) is 0 Å². The van der Waals surface area contributed by atoms with Gasteiger partial charge in [0.25, 0.3) is 5.91 Å². The Balaban J connectivity index is 1.57. The van der Waals surface area contributed by atoms with Crippen LogP contribution in [0.4, 0.5) is 5.82 Å². The first kappa shape index (κ1) is 13.4. The van der Waals surface area contributed by atoms with E-state index in [1.807, 2.05) is 19.1 Å². The number of nitrogens with one attached hydrogen (secondary N) is 2. The van der Waals surface area contributed by atoms with Crippen molar-refractivity contribution in [2.45, 2.75) is 38.3 Å². The predicted molar refractivity (Wildman–Crippen MR) is 78.9 cm³/mol. The van der Waals surface area contributed by atoms with E-state index in [0.717, 1.165) is 37.9 Å². The molecule has 0 spiro atoms. The zero-order valence-corrected chi connectivity index (χ0v) is 11.9. The standard InChI is InChI=1S/C15H22N4O/c1-2-16-14-5-3-4-13(18-14)15(20)17-11-8-9-19(10-11)12-6-7-12/h3-5,11-12H,2,6-10H2,1H3,(H,16,18)(H,17,20). The molecule has 5 heteroatoms. The van der Waals surface area contributed by atoms with Crippen LogP contribution in [0.15, 0.2) is 18.2 Å².